The van der Waals surface area contributed by atoms with E-state index in [2.05, 4.69) is 12.2 Å². The number of hydrogen-bond acceptors (Lipinski definition) is 2. The Bertz CT molecular complexity index is 512. The summed E-state index contributed by atoms with van der Waals surface area (Å²) in [5.74, 6) is 0. The summed E-state index contributed by atoms with van der Waals surface area (Å²) in [5, 5.41) is 8.68. The maximum absolute atomic E-state index is 12.6. The summed E-state index contributed by atoms with van der Waals surface area (Å²) in [6.07, 6.45) is -3.45. The highest BCUT2D eigenvalue weighted by atomic mass is 32.1. The van der Waals surface area contributed by atoms with Gasteiger partial charge in [-0.3, -0.25) is 0 Å². The van der Waals surface area contributed by atoms with Gasteiger partial charge in [-0.2, -0.15) is 18.4 Å². The van der Waals surface area contributed by atoms with E-state index in [1.807, 2.05) is 0 Å². The zero-order valence-electron chi connectivity index (χ0n) is 8.45. The molecule has 17 heavy (non-hydrogen) atoms. The van der Waals surface area contributed by atoms with E-state index in [1.165, 1.54) is 18.2 Å². The molecule has 0 radical (unpaired) electrons. The first-order chi connectivity index (χ1) is 7.86. The molecule has 0 spiro atoms. The van der Waals surface area contributed by atoms with Crippen molar-refractivity contribution in [2.75, 3.05) is 0 Å². The van der Waals surface area contributed by atoms with Crippen LogP contribution in [0.1, 0.15) is 11.1 Å². The van der Waals surface area contributed by atoms with Crippen molar-refractivity contribution in [2.24, 2.45) is 5.73 Å². The molecule has 0 amide bonds. The minimum absolute atomic E-state index is 0.135. The molecule has 0 aliphatic heterocycles. The number of nitriles is 1. The summed E-state index contributed by atoms with van der Waals surface area (Å²) in [7, 11) is 0. The van der Waals surface area contributed by atoms with Crippen LogP contribution in [0.15, 0.2) is 29.8 Å². The number of benzene rings is 1. The molecule has 1 rings (SSSR count). The lowest BCUT2D eigenvalue weighted by Crippen LogP contribution is -2.11. The second-order valence-corrected chi connectivity index (χ2v) is 3.56. The van der Waals surface area contributed by atoms with Gasteiger partial charge in [-0.1, -0.05) is 30.4 Å². The molecule has 0 bridgehead atoms. The van der Waals surface area contributed by atoms with Crippen molar-refractivity contribution in [2.45, 2.75) is 6.18 Å². The molecule has 1 aromatic rings. The van der Waals surface area contributed by atoms with Crippen LogP contribution in [-0.2, 0) is 6.18 Å². The third-order valence-electron chi connectivity index (χ3n) is 1.95. The summed E-state index contributed by atoms with van der Waals surface area (Å²) in [4.78, 5) is -0.232. The van der Waals surface area contributed by atoms with Crippen molar-refractivity contribution in [3.8, 4) is 6.07 Å². The Kier molecular flexibility index (Phi) is 3.86. The number of nitrogens with zero attached hydrogens (tertiary/aromatic N) is 1. The van der Waals surface area contributed by atoms with Gasteiger partial charge < -0.3 is 5.73 Å². The van der Waals surface area contributed by atoms with Gasteiger partial charge >= 0.3 is 6.18 Å². The Hall–Kier alpha value is -1.87. The molecule has 0 aliphatic carbocycles. The Morgan fingerprint density at radius 3 is 2.41 bits per heavy atom. The van der Waals surface area contributed by atoms with E-state index in [9.17, 15) is 13.2 Å². The minimum Gasteiger partial charge on any atom is -0.389 e. The molecule has 0 aliphatic rings. The van der Waals surface area contributed by atoms with Gasteiger partial charge in [0.1, 0.15) is 11.1 Å². The Morgan fingerprint density at radius 2 is 1.94 bits per heavy atom. The average Bonchev–Trinajstić information content (AvgIpc) is 2.24. The lowest BCUT2D eigenvalue weighted by molar-refractivity contribution is -0.137. The number of alkyl halides is 3. The van der Waals surface area contributed by atoms with E-state index in [-0.39, 0.29) is 16.1 Å². The van der Waals surface area contributed by atoms with E-state index in [0.717, 1.165) is 12.1 Å². The molecule has 0 aromatic heterocycles. The third-order valence-corrected chi connectivity index (χ3v) is 2.17. The standard InChI is InChI=1S/C11H7F3N2S/c12-11(13,14)9-4-2-1-3-7(9)5-8(6-15)10(16)17/h1-5H,(H2,16,17)/b8-5-. The number of nitrogens with two attached hydrogens (primary N) is 1. The molecule has 0 saturated heterocycles. The molecule has 0 saturated carbocycles. The van der Waals surface area contributed by atoms with E-state index < -0.39 is 11.7 Å². The first-order valence-electron chi connectivity index (χ1n) is 4.44. The molecule has 1 aromatic carbocycles. The van der Waals surface area contributed by atoms with Crippen molar-refractivity contribution in [3.63, 3.8) is 0 Å². The summed E-state index contributed by atoms with van der Waals surface area (Å²) >= 11 is 4.56. The summed E-state index contributed by atoms with van der Waals surface area (Å²) in [5.41, 5.74) is 4.09. The zero-order valence-corrected chi connectivity index (χ0v) is 9.27. The van der Waals surface area contributed by atoms with Crippen molar-refractivity contribution in [1.82, 2.24) is 0 Å². The summed E-state index contributed by atoms with van der Waals surface area (Å²) in [6, 6.07) is 6.55. The van der Waals surface area contributed by atoms with Gasteiger partial charge in [-0.15, -0.1) is 0 Å². The van der Waals surface area contributed by atoms with Gasteiger partial charge in [0.25, 0.3) is 0 Å². The first kappa shape index (κ1) is 13.2. The third kappa shape index (κ3) is 3.29. The highest BCUT2D eigenvalue weighted by molar-refractivity contribution is 7.80. The van der Waals surface area contributed by atoms with Gasteiger partial charge in [0.05, 0.1) is 11.1 Å². The van der Waals surface area contributed by atoms with Crippen LogP contribution in [0.3, 0.4) is 0 Å². The smallest absolute Gasteiger partial charge is 0.389 e. The van der Waals surface area contributed by atoms with Crippen LogP contribution in [0, 0.1) is 11.3 Å². The molecular weight excluding hydrogens is 249 g/mol. The first-order valence-corrected chi connectivity index (χ1v) is 4.85. The molecule has 0 atom stereocenters. The zero-order chi connectivity index (χ0) is 13.1. The van der Waals surface area contributed by atoms with Crippen LogP contribution in [0.5, 0.6) is 0 Å². The topological polar surface area (TPSA) is 49.8 Å². The molecule has 88 valence electrons. The fourth-order valence-electron chi connectivity index (χ4n) is 1.20. The highest BCUT2D eigenvalue weighted by Crippen LogP contribution is 2.32. The number of thiocarbonyl (C=S) groups is 1. The van der Waals surface area contributed by atoms with Crippen LogP contribution >= 0.6 is 12.2 Å². The average molecular weight is 256 g/mol. The molecular formula is C11H7F3N2S. The summed E-state index contributed by atoms with van der Waals surface area (Å²) in [6.45, 7) is 0. The minimum atomic E-state index is -4.48. The van der Waals surface area contributed by atoms with E-state index >= 15 is 0 Å². The predicted molar refractivity (Wildman–Crippen MR) is 61.8 cm³/mol. The summed E-state index contributed by atoms with van der Waals surface area (Å²) < 4.78 is 37.9. The maximum atomic E-state index is 12.6. The molecule has 6 heteroatoms. The van der Waals surface area contributed by atoms with Crippen LogP contribution in [0.4, 0.5) is 13.2 Å². The Labute approximate surface area is 101 Å². The van der Waals surface area contributed by atoms with Gasteiger partial charge in [-0.05, 0) is 17.7 Å². The molecule has 2 nitrogen and oxygen atoms in total. The van der Waals surface area contributed by atoms with Crippen LogP contribution in [0.2, 0.25) is 0 Å². The van der Waals surface area contributed by atoms with E-state index in [0.29, 0.717) is 0 Å². The fourth-order valence-corrected chi connectivity index (χ4v) is 1.30. The van der Waals surface area contributed by atoms with Crippen LogP contribution < -0.4 is 5.73 Å². The molecule has 2 N–H and O–H groups in total. The van der Waals surface area contributed by atoms with Crippen LogP contribution in [-0.4, -0.2) is 4.99 Å². The Morgan fingerprint density at radius 1 is 1.35 bits per heavy atom. The largest absolute Gasteiger partial charge is 0.416 e. The SMILES string of the molecule is N#C/C(=C/c1ccccc1C(F)(F)F)C(N)=S. The number of halogens is 3. The fraction of sp³-hybridized carbons (Fsp3) is 0.0909. The quantitative estimate of drug-likeness (QED) is 0.503. The lowest BCUT2D eigenvalue weighted by Gasteiger charge is -2.09. The van der Waals surface area contributed by atoms with E-state index in [1.54, 1.807) is 6.07 Å². The number of rotatable bonds is 2. The second-order valence-electron chi connectivity index (χ2n) is 3.12. The molecule has 0 heterocycles. The monoisotopic (exact) mass is 256 g/mol. The van der Waals surface area contributed by atoms with Gasteiger partial charge in [-0.25, -0.2) is 0 Å². The van der Waals surface area contributed by atoms with E-state index in [4.69, 9.17) is 11.0 Å². The van der Waals surface area contributed by atoms with Gasteiger partial charge in [0, 0.05) is 0 Å². The molecule has 0 unspecified atom stereocenters. The second kappa shape index (κ2) is 4.97. The van der Waals surface area contributed by atoms with Gasteiger partial charge in [0.15, 0.2) is 0 Å². The Balaban J connectivity index is 3.34. The van der Waals surface area contributed by atoms with Crippen molar-refractivity contribution in [1.29, 1.82) is 5.26 Å². The van der Waals surface area contributed by atoms with Crippen molar-refractivity contribution >= 4 is 23.3 Å². The normalized spacial score (nSPS) is 12.0. The lowest BCUT2D eigenvalue weighted by atomic mass is 10.0. The van der Waals surface area contributed by atoms with Gasteiger partial charge in [0.2, 0.25) is 0 Å². The number of hydrogen-bond donors (Lipinski definition) is 1. The van der Waals surface area contributed by atoms with Crippen LogP contribution in [0.25, 0.3) is 6.08 Å². The maximum Gasteiger partial charge on any atom is 0.416 e. The highest BCUT2D eigenvalue weighted by Gasteiger charge is 2.32. The molecule has 0 fully saturated rings. The van der Waals surface area contributed by atoms with Crippen molar-refractivity contribution in [3.05, 3.63) is 41.0 Å². The predicted octanol–water partition coefficient (Wildman–Crippen LogP) is 2.90. The van der Waals surface area contributed by atoms with Crippen molar-refractivity contribution < 1.29 is 13.2 Å².